The fourth-order valence-electron chi connectivity index (χ4n) is 4.99. The lowest BCUT2D eigenvalue weighted by molar-refractivity contribution is -0.145. The molecule has 0 radical (unpaired) electrons. The molecule has 1 aromatic heterocycles. The molecule has 3 saturated heterocycles. The molecule has 3 aliphatic heterocycles. The van der Waals surface area contributed by atoms with E-state index in [0.29, 0.717) is 39.0 Å². The van der Waals surface area contributed by atoms with Crippen LogP contribution in [0.5, 0.6) is 0 Å². The van der Waals surface area contributed by atoms with Crippen LogP contribution in [0.15, 0.2) is 24.4 Å². The predicted molar refractivity (Wildman–Crippen MR) is 108 cm³/mol. The van der Waals surface area contributed by atoms with Gasteiger partial charge in [-0.25, -0.2) is 0 Å². The summed E-state index contributed by atoms with van der Waals surface area (Å²) in [4.78, 5) is 47.1. The molecule has 3 fully saturated rings. The molecule has 7 nitrogen and oxygen atoms in total. The molecule has 0 N–H and O–H groups in total. The molecule has 0 unspecified atom stereocenters. The maximum atomic E-state index is 12.8. The van der Waals surface area contributed by atoms with Crippen LogP contribution in [-0.4, -0.2) is 76.7 Å². The molecule has 3 amide bonds. The van der Waals surface area contributed by atoms with Crippen molar-refractivity contribution in [2.75, 3.05) is 39.3 Å². The van der Waals surface area contributed by atoms with Crippen molar-refractivity contribution in [2.45, 2.75) is 44.9 Å². The molecule has 0 aromatic carbocycles. The zero-order valence-corrected chi connectivity index (χ0v) is 17.0. The summed E-state index contributed by atoms with van der Waals surface area (Å²) in [5.74, 6) is 0.350. The normalized spacial score (nSPS) is 25.2. The quantitative estimate of drug-likeness (QED) is 0.753. The average Bonchev–Trinajstić information content (AvgIpc) is 3.14. The van der Waals surface area contributed by atoms with Gasteiger partial charge in [0.25, 0.3) is 0 Å². The van der Waals surface area contributed by atoms with Gasteiger partial charge >= 0.3 is 0 Å². The minimum absolute atomic E-state index is 0.0129. The maximum absolute atomic E-state index is 12.8. The van der Waals surface area contributed by atoms with Crippen molar-refractivity contribution in [1.29, 1.82) is 0 Å². The number of nitrogens with zero attached hydrogens (tertiary/aromatic N) is 4. The highest BCUT2D eigenvalue weighted by atomic mass is 16.2. The van der Waals surface area contributed by atoms with Gasteiger partial charge in [-0.3, -0.25) is 19.4 Å². The molecule has 0 aliphatic carbocycles. The van der Waals surface area contributed by atoms with E-state index in [4.69, 9.17) is 0 Å². The van der Waals surface area contributed by atoms with E-state index in [-0.39, 0.29) is 29.7 Å². The third-order valence-corrected chi connectivity index (χ3v) is 6.62. The third-order valence-electron chi connectivity index (χ3n) is 6.62. The van der Waals surface area contributed by atoms with E-state index < -0.39 is 0 Å². The lowest BCUT2D eigenvalue weighted by Gasteiger charge is -2.48. The molecular formula is C22H30N4O3. The number of piperidine rings is 2. The van der Waals surface area contributed by atoms with Gasteiger partial charge in [0.15, 0.2) is 0 Å². The number of rotatable bonds is 5. The first-order valence-electron chi connectivity index (χ1n) is 10.8. The van der Waals surface area contributed by atoms with E-state index in [2.05, 4.69) is 4.98 Å². The molecule has 3 aliphatic rings. The van der Waals surface area contributed by atoms with Crippen LogP contribution in [0.1, 0.15) is 44.2 Å². The molecule has 7 heteroatoms. The van der Waals surface area contributed by atoms with Crippen molar-refractivity contribution in [3.8, 4) is 0 Å². The number of hydrogen-bond donors (Lipinski definition) is 0. The lowest BCUT2D eigenvalue weighted by atomic mass is 9.73. The van der Waals surface area contributed by atoms with Crippen LogP contribution >= 0.6 is 0 Å². The molecule has 156 valence electrons. The van der Waals surface area contributed by atoms with E-state index in [0.717, 1.165) is 44.3 Å². The van der Waals surface area contributed by atoms with Gasteiger partial charge in [0, 0.05) is 69.3 Å². The highest BCUT2D eigenvalue weighted by Gasteiger charge is 2.42. The van der Waals surface area contributed by atoms with Crippen molar-refractivity contribution in [2.24, 2.45) is 5.41 Å². The van der Waals surface area contributed by atoms with Gasteiger partial charge in [0.2, 0.25) is 17.7 Å². The van der Waals surface area contributed by atoms with Crippen LogP contribution in [0.25, 0.3) is 0 Å². The van der Waals surface area contributed by atoms with Crippen molar-refractivity contribution in [1.82, 2.24) is 19.7 Å². The van der Waals surface area contributed by atoms with Crippen LogP contribution < -0.4 is 0 Å². The number of hydrogen-bond acceptors (Lipinski definition) is 4. The molecule has 29 heavy (non-hydrogen) atoms. The Morgan fingerprint density at radius 2 is 1.86 bits per heavy atom. The zero-order chi connectivity index (χ0) is 20.3. The van der Waals surface area contributed by atoms with E-state index in [9.17, 15) is 14.4 Å². The van der Waals surface area contributed by atoms with Crippen LogP contribution in [0.2, 0.25) is 0 Å². The van der Waals surface area contributed by atoms with E-state index in [1.54, 1.807) is 11.1 Å². The first-order valence-corrected chi connectivity index (χ1v) is 10.8. The second-order valence-electron chi connectivity index (χ2n) is 8.72. The zero-order valence-electron chi connectivity index (χ0n) is 17.0. The van der Waals surface area contributed by atoms with E-state index in [1.807, 2.05) is 28.0 Å². The number of aromatic nitrogens is 1. The maximum Gasteiger partial charge on any atom is 0.242 e. The van der Waals surface area contributed by atoms with Crippen LogP contribution in [-0.2, 0) is 20.8 Å². The van der Waals surface area contributed by atoms with E-state index >= 15 is 0 Å². The summed E-state index contributed by atoms with van der Waals surface area (Å²) in [6, 6.07) is 5.86. The smallest absolute Gasteiger partial charge is 0.242 e. The number of likely N-dealkylation sites (tertiary alicyclic amines) is 3. The largest absolute Gasteiger partial charge is 0.342 e. The molecule has 1 spiro atoms. The highest BCUT2D eigenvalue weighted by molar-refractivity contribution is 5.86. The summed E-state index contributed by atoms with van der Waals surface area (Å²) < 4.78 is 0. The molecule has 4 rings (SSSR count). The molecule has 1 atom stereocenters. The number of pyridine rings is 1. The van der Waals surface area contributed by atoms with E-state index in [1.165, 1.54) is 0 Å². The average molecular weight is 399 g/mol. The summed E-state index contributed by atoms with van der Waals surface area (Å²) >= 11 is 0. The standard InChI is InChI=1S/C22H30N4O3/c27-19-6-3-12-24(19)15-21(29)25-13-4-9-22(16-25)10-7-20(28)26(17-22)14-8-18-5-1-2-11-23-18/h1-2,5,11H,3-4,6-10,12-17H2/t22-/m0/s1. The minimum atomic E-state index is -0.0129. The van der Waals surface area contributed by atoms with Gasteiger partial charge in [-0.15, -0.1) is 0 Å². The minimum Gasteiger partial charge on any atom is -0.342 e. The topological polar surface area (TPSA) is 73.8 Å². The summed E-state index contributed by atoms with van der Waals surface area (Å²) in [5.41, 5.74) is 0.983. The summed E-state index contributed by atoms with van der Waals surface area (Å²) in [5, 5.41) is 0. The van der Waals surface area contributed by atoms with Gasteiger partial charge in [-0.2, -0.15) is 0 Å². The van der Waals surface area contributed by atoms with Crippen LogP contribution in [0, 0.1) is 5.41 Å². The van der Waals surface area contributed by atoms with Gasteiger partial charge in [-0.1, -0.05) is 6.07 Å². The Morgan fingerprint density at radius 1 is 1.00 bits per heavy atom. The lowest BCUT2D eigenvalue weighted by Crippen LogP contribution is -2.56. The molecular weight excluding hydrogens is 368 g/mol. The summed E-state index contributed by atoms with van der Waals surface area (Å²) in [7, 11) is 0. The molecule has 0 bridgehead atoms. The van der Waals surface area contributed by atoms with Crippen molar-refractivity contribution in [3.63, 3.8) is 0 Å². The Bertz CT molecular complexity index is 769. The van der Waals surface area contributed by atoms with Crippen molar-refractivity contribution in [3.05, 3.63) is 30.1 Å². The van der Waals surface area contributed by atoms with Gasteiger partial charge in [-0.05, 0) is 37.8 Å². The summed E-state index contributed by atoms with van der Waals surface area (Å²) in [6.45, 7) is 3.74. The SMILES string of the molecule is O=C1CCCN1CC(=O)N1CCC[C@]2(CCC(=O)N(CCc3ccccn3)C2)C1. The van der Waals surface area contributed by atoms with Gasteiger partial charge in [0.05, 0.1) is 6.54 Å². The van der Waals surface area contributed by atoms with Gasteiger partial charge in [0.1, 0.15) is 0 Å². The van der Waals surface area contributed by atoms with Crippen molar-refractivity contribution < 1.29 is 14.4 Å². The Labute approximate surface area is 172 Å². The molecule has 1 aromatic rings. The van der Waals surface area contributed by atoms with Crippen molar-refractivity contribution >= 4 is 17.7 Å². The third kappa shape index (κ3) is 4.60. The molecule has 4 heterocycles. The number of carbonyl (C=O) groups is 3. The Kier molecular flexibility index (Phi) is 5.83. The fourth-order valence-corrected chi connectivity index (χ4v) is 4.99. The second-order valence-corrected chi connectivity index (χ2v) is 8.72. The number of amides is 3. The Hall–Kier alpha value is -2.44. The first-order chi connectivity index (χ1) is 14.0. The summed E-state index contributed by atoms with van der Waals surface area (Å²) in [6.07, 6.45) is 7.35. The number of carbonyl (C=O) groups excluding carboxylic acids is 3. The predicted octanol–water partition coefficient (Wildman–Crippen LogP) is 1.48. The highest BCUT2D eigenvalue weighted by Crippen LogP contribution is 2.39. The monoisotopic (exact) mass is 398 g/mol. The fraction of sp³-hybridized carbons (Fsp3) is 0.636. The van der Waals surface area contributed by atoms with Crippen LogP contribution in [0.3, 0.4) is 0 Å². The van der Waals surface area contributed by atoms with Crippen LogP contribution in [0.4, 0.5) is 0 Å². The van der Waals surface area contributed by atoms with Gasteiger partial charge < -0.3 is 14.7 Å². The Balaban J connectivity index is 1.36. The molecule has 0 saturated carbocycles. The second kappa shape index (κ2) is 8.51. The first kappa shape index (κ1) is 19.9. The Morgan fingerprint density at radius 3 is 2.62 bits per heavy atom.